The van der Waals surface area contributed by atoms with Crippen LogP contribution in [0.3, 0.4) is 0 Å². The average molecular weight is 433 g/mol. The van der Waals surface area contributed by atoms with Gasteiger partial charge in [0.1, 0.15) is 12.1 Å². The van der Waals surface area contributed by atoms with Gasteiger partial charge in [-0.2, -0.15) is 5.26 Å². The van der Waals surface area contributed by atoms with E-state index in [1.54, 1.807) is 36.4 Å². The lowest BCUT2D eigenvalue weighted by Gasteiger charge is -2.22. The van der Waals surface area contributed by atoms with Gasteiger partial charge in [-0.15, -0.1) is 0 Å². The average Bonchev–Trinajstić information content (AvgIpc) is 3.02. The Labute approximate surface area is 185 Å². The minimum absolute atomic E-state index is 0.298. The smallest absolute Gasteiger partial charge is 0.325 e. The van der Waals surface area contributed by atoms with Gasteiger partial charge in [-0.1, -0.05) is 37.3 Å². The highest BCUT2D eigenvalue weighted by Crippen LogP contribution is 2.28. The number of nitriles is 1. The molecule has 1 saturated heterocycles. The molecular formula is C23H23N5O4. The molecule has 2 aromatic rings. The lowest BCUT2D eigenvalue weighted by molar-refractivity contribution is -0.135. The zero-order valence-corrected chi connectivity index (χ0v) is 17.8. The Morgan fingerprint density at radius 3 is 2.44 bits per heavy atom. The van der Waals surface area contributed by atoms with Crippen molar-refractivity contribution in [3.8, 4) is 6.07 Å². The van der Waals surface area contributed by atoms with Crippen molar-refractivity contribution < 1.29 is 19.2 Å². The van der Waals surface area contributed by atoms with Gasteiger partial charge in [0.2, 0.25) is 11.8 Å². The second-order valence-corrected chi connectivity index (χ2v) is 7.47. The number of carbonyl (C=O) groups is 4. The Kier molecular flexibility index (Phi) is 6.54. The maximum atomic E-state index is 12.9. The molecule has 0 aromatic heterocycles. The minimum Gasteiger partial charge on any atom is -0.345 e. The molecule has 2 aromatic carbocycles. The van der Waals surface area contributed by atoms with E-state index >= 15 is 0 Å². The molecule has 0 radical (unpaired) electrons. The molecule has 1 atom stereocenters. The monoisotopic (exact) mass is 433 g/mol. The SMILES string of the molecule is CCc1ccccc1NC(=O)CNC(=O)CN1C(=O)NC(C)(c2ccc(C#N)cc2)C1=O. The summed E-state index contributed by atoms with van der Waals surface area (Å²) in [4.78, 5) is 50.5. The van der Waals surface area contributed by atoms with E-state index in [1.165, 1.54) is 6.92 Å². The molecule has 0 spiro atoms. The van der Waals surface area contributed by atoms with Crippen LogP contribution in [0.25, 0.3) is 0 Å². The molecule has 32 heavy (non-hydrogen) atoms. The van der Waals surface area contributed by atoms with E-state index in [0.717, 1.165) is 16.9 Å². The molecule has 0 bridgehead atoms. The fourth-order valence-electron chi connectivity index (χ4n) is 3.44. The number of nitrogens with one attached hydrogen (secondary N) is 3. The Morgan fingerprint density at radius 1 is 1.09 bits per heavy atom. The van der Waals surface area contributed by atoms with Crippen molar-refractivity contribution in [3.63, 3.8) is 0 Å². The van der Waals surface area contributed by atoms with Gasteiger partial charge < -0.3 is 16.0 Å². The zero-order chi connectivity index (χ0) is 23.3. The fourth-order valence-corrected chi connectivity index (χ4v) is 3.44. The molecule has 5 amide bonds. The van der Waals surface area contributed by atoms with Crippen molar-refractivity contribution in [3.05, 3.63) is 65.2 Å². The van der Waals surface area contributed by atoms with Crippen LogP contribution in [0.1, 0.15) is 30.5 Å². The third-order valence-corrected chi connectivity index (χ3v) is 5.29. The molecule has 1 aliphatic rings. The molecular weight excluding hydrogens is 410 g/mol. The summed E-state index contributed by atoms with van der Waals surface area (Å²) in [6.07, 6.45) is 0.743. The number of hydrogen-bond acceptors (Lipinski definition) is 5. The maximum Gasteiger partial charge on any atom is 0.325 e. The largest absolute Gasteiger partial charge is 0.345 e. The Balaban J connectivity index is 1.58. The van der Waals surface area contributed by atoms with Crippen molar-refractivity contribution in [1.29, 1.82) is 5.26 Å². The van der Waals surface area contributed by atoms with Gasteiger partial charge in [0.15, 0.2) is 0 Å². The number of hydrogen-bond donors (Lipinski definition) is 3. The summed E-state index contributed by atoms with van der Waals surface area (Å²) in [6.45, 7) is 2.68. The van der Waals surface area contributed by atoms with Gasteiger partial charge in [0.05, 0.1) is 18.2 Å². The van der Waals surface area contributed by atoms with E-state index in [2.05, 4.69) is 16.0 Å². The van der Waals surface area contributed by atoms with E-state index in [0.29, 0.717) is 16.8 Å². The van der Waals surface area contributed by atoms with E-state index < -0.39 is 35.8 Å². The van der Waals surface area contributed by atoms with Crippen molar-refractivity contribution in [1.82, 2.24) is 15.5 Å². The zero-order valence-electron chi connectivity index (χ0n) is 17.8. The highest BCUT2D eigenvalue weighted by Gasteiger charge is 2.49. The Morgan fingerprint density at radius 2 is 1.78 bits per heavy atom. The minimum atomic E-state index is -1.35. The molecule has 3 rings (SSSR count). The van der Waals surface area contributed by atoms with E-state index in [-0.39, 0.29) is 6.54 Å². The Bertz CT molecular complexity index is 1110. The summed E-state index contributed by atoms with van der Waals surface area (Å²) in [5.74, 6) is -1.65. The van der Waals surface area contributed by atoms with Crippen LogP contribution in [0.5, 0.6) is 0 Å². The first-order valence-corrected chi connectivity index (χ1v) is 10.1. The van der Waals surface area contributed by atoms with Crippen molar-refractivity contribution in [2.75, 3.05) is 18.4 Å². The number of anilines is 1. The summed E-state index contributed by atoms with van der Waals surface area (Å²) >= 11 is 0. The van der Waals surface area contributed by atoms with Crippen LogP contribution in [0.2, 0.25) is 0 Å². The molecule has 1 aliphatic heterocycles. The first-order chi connectivity index (χ1) is 15.3. The molecule has 1 fully saturated rings. The topological polar surface area (TPSA) is 131 Å². The van der Waals surface area contributed by atoms with Gasteiger partial charge in [0, 0.05) is 5.69 Å². The highest BCUT2D eigenvalue weighted by molar-refractivity contribution is 6.09. The molecule has 0 aliphatic carbocycles. The predicted octanol–water partition coefficient (Wildman–Crippen LogP) is 1.64. The molecule has 1 heterocycles. The molecule has 9 nitrogen and oxygen atoms in total. The van der Waals surface area contributed by atoms with Gasteiger partial charge in [0.25, 0.3) is 5.91 Å². The molecule has 3 N–H and O–H groups in total. The molecule has 0 saturated carbocycles. The number of benzene rings is 2. The molecule has 9 heteroatoms. The van der Waals surface area contributed by atoms with Crippen LogP contribution in [0, 0.1) is 11.3 Å². The third kappa shape index (κ3) is 4.59. The predicted molar refractivity (Wildman–Crippen MR) is 116 cm³/mol. The quantitative estimate of drug-likeness (QED) is 0.571. The maximum absolute atomic E-state index is 12.9. The van der Waals surface area contributed by atoms with E-state index in [4.69, 9.17) is 5.26 Å². The van der Waals surface area contributed by atoms with Crippen LogP contribution < -0.4 is 16.0 Å². The summed E-state index contributed by atoms with van der Waals surface area (Å²) in [5, 5.41) is 16.7. The molecule has 164 valence electrons. The van der Waals surface area contributed by atoms with Crippen molar-refractivity contribution in [2.45, 2.75) is 25.8 Å². The van der Waals surface area contributed by atoms with Crippen LogP contribution in [-0.2, 0) is 26.3 Å². The standard InChI is InChI=1S/C23H23N5O4/c1-3-16-6-4-5-7-18(16)26-19(29)13-25-20(30)14-28-21(31)23(2,27-22(28)32)17-10-8-15(12-24)9-11-17/h4-11H,3,13-14H2,1-2H3,(H,25,30)(H,26,29)(H,27,32). The summed E-state index contributed by atoms with van der Waals surface area (Å²) in [6, 6.07) is 14.9. The number of aryl methyl sites for hydroxylation is 1. The van der Waals surface area contributed by atoms with E-state index in [9.17, 15) is 19.2 Å². The lowest BCUT2D eigenvalue weighted by atomic mass is 9.91. The van der Waals surface area contributed by atoms with Crippen molar-refractivity contribution >= 4 is 29.4 Å². The number of para-hydroxylation sites is 1. The van der Waals surface area contributed by atoms with Crippen molar-refractivity contribution in [2.24, 2.45) is 0 Å². The fraction of sp³-hybridized carbons (Fsp3) is 0.261. The van der Waals surface area contributed by atoms with E-state index in [1.807, 2.05) is 25.1 Å². The summed E-state index contributed by atoms with van der Waals surface area (Å²) < 4.78 is 0. The van der Waals surface area contributed by atoms with Crippen LogP contribution >= 0.6 is 0 Å². The number of urea groups is 1. The van der Waals surface area contributed by atoms with Crippen LogP contribution in [0.15, 0.2) is 48.5 Å². The summed E-state index contributed by atoms with van der Waals surface area (Å²) in [7, 11) is 0. The third-order valence-electron chi connectivity index (χ3n) is 5.29. The number of rotatable bonds is 7. The number of imide groups is 1. The van der Waals surface area contributed by atoms with Gasteiger partial charge in [-0.05, 0) is 42.7 Å². The molecule has 1 unspecified atom stereocenters. The van der Waals surface area contributed by atoms with Gasteiger partial charge in [-0.3, -0.25) is 19.3 Å². The van der Waals surface area contributed by atoms with Crippen LogP contribution in [-0.4, -0.2) is 41.7 Å². The second-order valence-electron chi connectivity index (χ2n) is 7.47. The lowest BCUT2D eigenvalue weighted by Crippen LogP contribution is -2.44. The Hall–Kier alpha value is -4.19. The van der Waals surface area contributed by atoms with Crippen LogP contribution in [0.4, 0.5) is 10.5 Å². The normalized spacial score (nSPS) is 17.5. The second kappa shape index (κ2) is 9.31. The number of carbonyl (C=O) groups excluding carboxylic acids is 4. The first-order valence-electron chi connectivity index (χ1n) is 10.1. The number of nitrogens with zero attached hydrogens (tertiary/aromatic N) is 2. The van der Waals surface area contributed by atoms with Gasteiger partial charge in [-0.25, -0.2) is 4.79 Å². The first kappa shape index (κ1) is 22.5. The highest BCUT2D eigenvalue weighted by atomic mass is 16.2. The van der Waals surface area contributed by atoms with Gasteiger partial charge >= 0.3 is 6.03 Å². The summed E-state index contributed by atoms with van der Waals surface area (Å²) in [5.41, 5.74) is 1.19. The number of amides is 5.